The van der Waals surface area contributed by atoms with Gasteiger partial charge in [0.25, 0.3) is 0 Å². The van der Waals surface area contributed by atoms with Crippen LogP contribution in [0.1, 0.15) is 49.4 Å². The summed E-state index contributed by atoms with van der Waals surface area (Å²) in [5.74, 6) is 0.873. The first kappa shape index (κ1) is 18.8. The predicted octanol–water partition coefficient (Wildman–Crippen LogP) is 5.64. The molecular formula is C23H25N3OS. The van der Waals surface area contributed by atoms with Gasteiger partial charge in [-0.25, -0.2) is 0 Å². The Labute approximate surface area is 170 Å². The molecule has 0 unspecified atom stereocenters. The summed E-state index contributed by atoms with van der Waals surface area (Å²) < 4.78 is 5.78. The van der Waals surface area contributed by atoms with Crippen molar-refractivity contribution in [2.24, 2.45) is 5.73 Å². The maximum Gasteiger partial charge on any atom is 0.148 e. The molecular weight excluding hydrogens is 366 g/mol. The quantitative estimate of drug-likeness (QED) is 0.591. The van der Waals surface area contributed by atoms with Crippen molar-refractivity contribution in [1.82, 2.24) is 10.2 Å². The van der Waals surface area contributed by atoms with Crippen LogP contribution >= 0.6 is 11.3 Å². The van der Waals surface area contributed by atoms with Gasteiger partial charge in [0.05, 0.1) is 6.61 Å². The lowest BCUT2D eigenvalue weighted by Gasteiger charge is -2.12. The van der Waals surface area contributed by atoms with Crippen LogP contribution in [0.2, 0.25) is 0 Å². The summed E-state index contributed by atoms with van der Waals surface area (Å²) in [6.07, 6.45) is 2.88. The van der Waals surface area contributed by atoms with Crippen LogP contribution in [-0.4, -0.2) is 16.8 Å². The topological polar surface area (TPSA) is 61.0 Å². The van der Waals surface area contributed by atoms with Gasteiger partial charge in [-0.2, -0.15) is 0 Å². The van der Waals surface area contributed by atoms with E-state index >= 15 is 0 Å². The number of benzene rings is 2. The maximum atomic E-state index is 6.23. The van der Waals surface area contributed by atoms with Crippen LogP contribution in [-0.2, 0) is 6.42 Å². The van der Waals surface area contributed by atoms with Crippen molar-refractivity contribution in [3.8, 4) is 26.9 Å². The van der Waals surface area contributed by atoms with Crippen molar-refractivity contribution in [2.45, 2.75) is 39.2 Å². The summed E-state index contributed by atoms with van der Waals surface area (Å²) in [4.78, 5) is 0. The number of hydrogen-bond donors (Lipinski definition) is 1. The van der Waals surface area contributed by atoms with Crippen LogP contribution < -0.4 is 10.5 Å². The number of hydrogen-bond acceptors (Lipinski definition) is 5. The van der Waals surface area contributed by atoms with E-state index < -0.39 is 0 Å². The molecule has 5 heteroatoms. The minimum absolute atomic E-state index is 0.135. The van der Waals surface area contributed by atoms with Gasteiger partial charge in [0.1, 0.15) is 15.8 Å². The molecule has 2 aromatic carbocycles. The van der Waals surface area contributed by atoms with Gasteiger partial charge in [0, 0.05) is 22.7 Å². The number of allylic oxidation sites excluding steroid dienone is 1. The number of nitrogens with zero attached hydrogens (tertiary/aromatic N) is 2. The Bertz CT molecular complexity index is 1020. The summed E-state index contributed by atoms with van der Waals surface area (Å²) in [7, 11) is 0. The molecule has 3 aromatic rings. The van der Waals surface area contributed by atoms with Crippen LogP contribution in [0.15, 0.2) is 43.0 Å². The Morgan fingerprint density at radius 3 is 2.82 bits per heavy atom. The molecule has 1 atom stereocenters. The van der Waals surface area contributed by atoms with E-state index in [1.807, 2.05) is 19.1 Å². The Kier molecular flexibility index (Phi) is 5.29. The molecule has 1 aliphatic rings. The molecule has 1 aromatic heterocycles. The van der Waals surface area contributed by atoms with Crippen LogP contribution in [0.5, 0.6) is 5.75 Å². The average Bonchev–Trinajstić information content (AvgIpc) is 3.35. The van der Waals surface area contributed by atoms with Gasteiger partial charge < -0.3 is 10.5 Å². The van der Waals surface area contributed by atoms with Gasteiger partial charge in [-0.3, -0.25) is 0 Å². The third-order valence-corrected chi connectivity index (χ3v) is 6.31. The largest absolute Gasteiger partial charge is 0.493 e. The van der Waals surface area contributed by atoms with E-state index in [1.165, 1.54) is 16.7 Å². The number of ether oxygens (including phenoxy) is 1. The van der Waals surface area contributed by atoms with Crippen molar-refractivity contribution >= 4 is 16.9 Å². The van der Waals surface area contributed by atoms with Gasteiger partial charge in [0.15, 0.2) is 0 Å². The summed E-state index contributed by atoms with van der Waals surface area (Å²) in [5.41, 5.74) is 13.1. The summed E-state index contributed by atoms with van der Waals surface area (Å²) >= 11 is 1.62. The minimum Gasteiger partial charge on any atom is -0.493 e. The molecule has 4 nitrogen and oxygen atoms in total. The third-order valence-electron chi connectivity index (χ3n) is 5.31. The van der Waals surface area contributed by atoms with Crippen LogP contribution in [0.4, 0.5) is 0 Å². The predicted molar refractivity (Wildman–Crippen MR) is 117 cm³/mol. The highest BCUT2D eigenvalue weighted by molar-refractivity contribution is 7.17. The highest BCUT2D eigenvalue weighted by Gasteiger charge is 2.23. The zero-order valence-electron chi connectivity index (χ0n) is 16.4. The second-order valence-electron chi connectivity index (χ2n) is 7.03. The van der Waals surface area contributed by atoms with Crippen LogP contribution in [0, 0.1) is 0 Å². The molecule has 1 aliphatic carbocycles. The molecule has 0 saturated heterocycles. The first-order valence-electron chi connectivity index (χ1n) is 9.79. The first-order valence-corrected chi connectivity index (χ1v) is 10.6. The number of rotatable bonds is 6. The molecule has 144 valence electrons. The summed E-state index contributed by atoms with van der Waals surface area (Å²) in [6, 6.07) is 12.6. The zero-order valence-corrected chi connectivity index (χ0v) is 17.2. The highest BCUT2D eigenvalue weighted by atomic mass is 32.1. The Morgan fingerprint density at radius 1 is 1.21 bits per heavy atom. The van der Waals surface area contributed by atoms with E-state index in [0.29, 0.717) is 6.61 Å². The molecule has 4 rings (SSSR count). The number of nitrogens with two attached hydrogens (primary N) is 1. The lowest BCUT2D eigenvalue weighted by Crippen LogP contribution is -2.04. The van der Waals surface area contributed by atoms with Gasteiger partial charge in [-0.1, -0.05) is 43.0 Å². The van der Waals surface area contributed by atoms with E-state index in [-0.39, 0.29) is 6.04 Å². The smallest absolute Gasteiger partial charge is 0.148 e. The first-order chi connectivity index (χ1) is 13.6. The van der Waals surface area contributed by atoms with Crippen molar-refractivity contribution in [3.05, 3.63) is 59.7 Å². The van der Waals surface area contributed by atoms with Crippen molar-refractivity contribution in [3.63, 3.8) is 0 Å². The van der Waals surface area contributed by atoms with E-state index in [1.54, 1.807) is 11.3 Å². The SMILES string of the molecule is C=C(CC)c1cc(-c2nnc(-c3cccc4c3CC[C@@H]4N)s2)ccc1OCC. The molecule has 0 saturated carbocycles. The van der Waals surface area contributed by atoms with E-state index in [4.69, 9.17) is 10.5 Å². The fourth-order valence-electron chi connectivity index (χ4n) is 3.75. The Balaban J connectivity index is 1.72. The number of fused-ring (bicyclic) bond motifs is 1. The standard InChI is InChI=1S/C23H25N3OS/c1-4-14(3)19-13-15(9-12-21(19)27-5-2)22-25-26-23(28-22)18-8-6-7-17-16(18)10-11-20(17)24/h6-9,12-13,20H,3-5,10-11,24H2,1-2H3/t20-/m0/s1. The van der Waals surface area contributed by atoms with E-state index in [9.17, 15) is 0 Å². The van der Waals surface area contributed by atoms with Gasteiger partial charge in [-0.15, -0.1) is 10.2 Å². The lowest BCUT2D eigenvalue weighted by molar-refractivity contribution is 0.339. The summed E-state index contributed by atoms with van der Waals surface area (Å²) in [6.45, 7) is 8.93. The molecule has 0 aliphatic heterocycles. The third kappa shape index (κ3) is 3.36. The van der Waals surface area contributed by atoms with Crippen molar-refractivity contribution in [1.29, 1.82) is 0 Å². The van der Waals surface area contributed by atoms with Crippen LogP contribution in [0.3, 0.4) is 0 Å². The van der Waals surface area contributed by atoms with Crippen molar-refractivity contribution in [2.75, 3.05) is 6.61 Å². The maximum absolute atomic E-state index is 6.23. The second kappa shape index (κ2) is 7.86. The van der Waals surface area contributed by atoms with Gasteiger partial charge in [-0.05, 0) is 61.1 Å². The van der Waals surface area contributed by atoms with E-state index in [2.05, 4.69) is 48.0 Å². The molecule has 0 spiro atoms. The molecule has 1 heterocycles. The highest BCUT2D eigenvalue weighted by Crippen LogP contribution is 2.40. The van der Waals surface area contributed by atoms with Crippen LogP contribution in [0.25, 0.3) is 26.7 Å². The lowest BCUT2D eigenvalue weighted by atomic mass is 10.0. The van der Waals surface area contributed by atoms with Gasteiger partial charge >= 0.3 is 0 Å². The second-order valence-corrected chi connectivity index (χ2v) is 8.01. The fraction of sp³-hybridized carbons (Fsp3) is 0.304. The normalized spacial score (nSPS) is 15.5. The van der Waals surface area contributed by atoms with E-state index in [0.717, 1.165) is 51.7 Å². The average molecular weight is 392 g/mol. The summed E-state index contributed by atoms with van der Waals surface area (Å²) in [5, 5.41) is 10.8. The minimum atomic E-state index is 0.135. The van der Waals surface area contributed by atoms with Crippen molar-refractivity contribution < 1.29 is 4.74 Å². The Morgan fingerprint density at radius 2 is 2.04 bits per heavy atom. The monoisotopic (exact) mass is 391 g/mol. The molecule has 0 fully saturated rings. The fourth-order valence-corrected chi connectivity index (χ4v) is 4.64. The molecule has 2 N–H and O–H groups in total. The Hall–Kier alpha value is -2.50. The molecule has 28 heavy (non-hydrogen) atoms. The molecule has 0 bridgehead atoms. The number of aromatic nitrogens is 2. The molecule has 0 amide bonds. The molecule has 0 radical (unpaired) electrons. The van der Waals surface area contributed by atoms with Gasteiger partial charge in [0.2, 0.25) is 0 Å². The zero-order chi connectivity index (χ0) is 19.7.